The van der Waals surface area contributed by atoms with Crippen molar-refractivity contribution < 1.29 is 60.4 Å². The van der Waals surface area contributed by atoms with Crippen LogP contribution in [0.5, 0.6) is 11.5 Å². The number of phosphoric acid groups is 1. The van der Waals surface area contributed by atoms with Gasteiger partial charge in [-0.25, -0.2) is 28.0 Å². The van der Waals surface area contributed by atoms with Crippen molar-refractivity contribution in [1.82, 2.24) is 29.2 Å². The molecule has 4 saturated heterocycles. The standard InChI is InChI=1S/C71H85Cl2FN11O12P/c1-6-7-8-9-10-11-12-13-14-15-16-17-18-19-20-21-32-87-40-51(88-39-47-33-46(38-75)34-50(74)35-47)41-89-98(86,96-56-26-22-24-48(58(56)72)36-70(42-76)64-62(90-68(2,3)94-64)60(92-70)52-28-30-54-66(78)80-44-82-84(52)54)97-57-27-23-25-49(59(57)73)37-71(43-77)65-63(91-69(4,5)95-65)61(93-71)53-29-31-55-67(79)81-45-83-85(53)55/h22-31,33-35,44-45,51,60-65H,6-21,32,36-37,39-41H2,1-5H3,(H2,78,80,82)(H2,79,81,83)/t51-,60+,61+,62?,63?,64?,65?,70-,71-,98?/m1/s1. The molecule has 0 spiro atoms. The van der Waals surface area contributed by atoms with E-state index in [0.717, 1.165) is 31.7 Å². The number of hydrogen-bond acceptors (Lipinski definition) is 21. The number of nitrogen functional groups attached to an aromatic ring is 2. The fourth-order valence-corrected chi connectivity index (χ4v) is 15.4. The molecular weight excluding hydrogens is 1320 g/mol. The number of ether oxygens (including phenoxy) is 8. The summed E-state index contributed by atoms with van der Waals surface area (Å²) in [5.74, 6) is -2.84. The summed E-state index contributed by atoms with van der Waals surface area (Å²) in [6.45, 7) is 8.81. The number of nitrogens with zero attached hydrogens (tertiary/aromatic N) is 9. The molecule has 4 fully saturated rings. The maximum absolute atomic E-state index is 16.0. The average molecular weight is 1410 g/mol. The van der Waals surface area contributed by atoms with E-state index in [0.29, 0.717) is 45.7 Å². The van der Waals surface area contributed by atoms with E-state index in [9.17, 15) is 20.2 Å². The zero-order chi connectivity index (χ0) is 69.2. The Morgan fingerprint density at radius 2 is 1.09 bits per heavy atom. The zero-order valence-electron chi connectivity index (χ0n) is 55.9. The topological polar surface area (TPSA) is 302 Å². The Hall–Kier alpha value is -7.05. The summed E-state index contributed by atoms with van der Waals surface area (Å²) in [5.41, 5.74) is 12.1. The molecule has 98 heavy (non-hydrogen) atoms. The van der Waals surface area contributed by atoms with Gasteiger partial charge in [0.2, 0.25) is 0 Å². The van der Waals surface area contributed by atoms with Gasteiger partial charge in [-0.15, -0.1) is 0 Å². The molecule has 4 N–H and O–H groups in total. The molecule has 0 saturated carbocycles. The number of rotatable bonds is 35. The largest absolute Gasteiger partial charge is 0.587 e. The van der Waals surface area contributed by atoms with Gasteiger partial charge in [-0.2, -0.15) is 26.0 Å². The number of phosphoric ester groups is 1. The summed E-state index contributed by atoms with van der Waals surface area (Å²) >= 11 is 14.7. The minimum Gasteiger partial charge on any atom is -0.393 e. The van der Waals surface area contributed by atoms with Crippen molar-refractivity contribution in [3.63, 3.8) is 0 Å². The van der Waals surface area contributed by atoms with Crippen LogP contribution in [0, 0.1) is 39.8 Å². The minimum atomic E-state index is -5.07. The highest BCUT2D eigenvalue weighted by Crippen LogP contribution is 2.57. The van der Waals surface area contributed by atoms with Gasteiger partial charge in [-0.05, 0) is 105 Å². The maximum Gasteiger partial charge on any atom is 0.587 e. The van der Waals surface area contributed by atoms with Crippen LogP contribution >= 0.6 is 31.0 Å². The average Bonchev–Trinajstić information content (AvgIpc) is 1.57. The van der Waals surface area contributed by atoms with Crippen molar-refractivity contribution in [2.75, 3.05) is 31.3 Å². The van der Waals surface area contributed by atoms with Gasteiger partial charge in [-0.1, -0.05) is 151 Å². The Labute approximate surface area is 580 Å². The molecule has 0 amide bonds. The second-order valence-corrected chi connectivity index (χ2v) is 28.8. The van der Waals surface area contributed by atoms with Gasteiger partial charge >= 0.3 is 7.82 Å². The molecule has 3 aromatic carbocycles. The van der Waals surface area contributed by atoms with Crippen LogP contribution < -0.4 is 20.5 Å². The van der Waals surface area contributed by atoms with Crippen LogP contribution in [-0.2, 0) is 66.4 Å². The lowest BCUT2D eigenvalue weighted by Gasteiger charge is -2.30. The zero-order valence-corrected chi connectivity index (χ0v) is 58.3. The number of benzene rings is 3. The van der Waals surface area contributed by atoms with Crippen LogP contribution in [-0.4, -0.2) is 102 Å². The monoisotopic (exact) mass is 1400 g/mol. The van der Waals surface area contributed by atoms with Gasteiger partial charge in [0.05, 0.1) is 52.9 Å². The maximum atomic E-state index is 16.0. The Balaban J connectivity index is 0.843. The highest BCUT2D eigenvalue weighted by Gasteiger charge is 2.66. The molecular formula is C71H85Cl2FN11O12P. The van der Waals surface area contributed by atoms with Crippen molar-refractivity contribution in [2.45, 2.75) is 222 Å². The third-order valence-electron chi connectivity index (χ3n) is 18.3. The van der Waals surface area contributed by atoms with E-state index < -0.39 is 85.8 Å². The van der Waals surface area contributed by atoms with Crippen LogP contribution in [0.25, 0.3) is 11.0 Å². The molecule has 8 heterocycles. The van der Waals surface area contributed by atoms with Gasteiger partial charge < -0.3 is 58.4 Å². The third-order valence-corrected chi connectivity index (χ3v) is 20.4. The second kappa shape index (κ2) is 31.7. The number of halogens is 3. The van der Waals surface area contributed by atoms with Gasteiger partial charge in [0, 0.05) is 19.4 Å². The van der Waals surface area contributed by atoms with Crippen molar-refractivity contribution in [2.24, 2.45) is 0 Å². The first kappa shape index (κ1) is 72.2. The summed E-state index contributed by atoms with van der Waals surface area (Å²) in [6.07, 6.45) is 15.4. The molecule has 7 aromatic rings. The minimum absolute atomic E-state index is 0.0751. The summed E-state index contributed by atoms with van der Waals surface area (Å²) in [5, 5.41) is 40.9. The molecule has 4 unspecified atom stereocenters. The SMILES string of the molecule is CCCCCCCCCCCCCCCCCCOC[C@H](COP(=O)(Oc1cccc(C[C@]2(C#N)O[C@@H](c3ccc4c(N)ncnn34)C3OC(C)(C)OC32)c1Cl)Oc1cccc(C[C@]2(C#N)O[C@@H](c3ccc4c(N)ncnn34)C3OC(C)(C)OC32)c1Cl)OCc1cc(F)cc(C#N)c1. The molecule has 23 nitrogen and oxygen atoms in total. The number of unbranched alkanes of at least 4 members (excludes halogenated alkanes) is 15. The van der Waals surface area contributed by atoms with Crippen molar-refractivity contribution in [1.29, 1.82) is 15.8 Å². The highest BCUT2D eigenvalue weighted by atomic mass is 35.5. The normalized spacial score (nSPS) is 23.8. The van der Waals surface area contributed by atoms with Crippen LogP contribution in [0.1, 0.15) is 183 Å². The number of fused-ring (bicyclic) bond motifs is 4. The molecule has 4 aliphatic rings. The van der Waals surface area contributed by atoms with E-state index in [1.165, 1.54) is 114 Å². The molecule has 11 rings (SSSR count). The number of aromatic nitrogens is 6. The van der Waals surface area contributed by atoms with E-state index in [1.807, 2.05) is 6.07 Å². The van der Waals surface area contributed by atoms with E-state index >= 15 is 4.57 Å². The Kier molecular flexibility index (Phi) is 23.3. The quantitative estimate of drug-likeness (QED) is 0.0275. The van der Waals surface area contributed by atoms with Crippen molar-refractivity contribution in [3.05, 3.63) is 141 Å². The second-order valence-electron chi connectivity index (χ2n) is 26.5. The van der Waals surface area contributed by atoms with Crippen LogP contribution in [0.4, 0.5) is 16.0 Å². The summed E-state index contributed by atoms with van der Waals surface area (Å²) in [7, 11) is -5.07. The molecule has 0 aliphatic carbocycles. The van der Waals surface area contributed by atoms with Crippen molar-refractivity contribution in [3.8, 4) is 29.7 Å². The fourth-order valence-electron chi connectivity index (χ4n) is 13.5. The Morgan fingerprint density at radius 1 is 0.622 bits per heavy atom. The third kappa shape index (κ3) is 16.5. The number of anilines is 2. The molecule has 9 atom stereocenters. The summed E-state index contributed by atoms with van der Waals surface area (Å²) < 4.78 is 105. The lowest BCUT2D eigenvalue weighted by atomic mass is 9.88. The van der Waals surface area contributed by atoms with E-state index in [2.05, 4.69) is 39.2 Å². The van der Waals surface area contributed by atoms with Gasteiger partial charge in [0.15, 0.2) is 45.9 Å². The number of hydrogen-bond donors (Lipinski definition) is 2. The van der Waals surface area contributed by atoms with Gasteiger partial charge in [-0.3, -0.25) is 4.52 Å². The lowest BCUT2D eigenvalue weighted by Crippen LogP contribution is -2.44. The molecule has 522 valence electrons. The van der Waals surface area contributed by atoms with Crippen molar-refractivity contribution >= 4 is 53.7 Å². The predicted molar refractivity (Wildman–Crippen MR) is 362 cm³/mol. The predicted octanol–water partition coefficient (Wildman–Crippen LogP) is 14.9. The molecule has 27 heteroatoms. The van der Waals surface area contributed by atoms with Crippen LogP contribution in [0.2, 0.25) is 10.0 Å². The molecule has 0 radical (unpaired) electrons. The highest BCUT2D eigenvalue weighted by molar-refractivity contribution is 7.49. The molecule has 4 aliphatic heterocycles. The number of nitrogens with two attached hydrogens (primary N) is 2. The Morgan fingerprint density at radius 3 is 1.55 bits per heavy atom. The molecule has 4 aromatic heterocycles. The number of nitriles is 3. The lowest BCUT2D eigenvalue weighted by molar-refractivity contribution is -0.200. The first-order valence-electron chi connectivity index (χ1n) is 33.8. The summed E-state index contributed by atoms with van der Waals surface area (Å²) in [4.78, 5) is 8.25. The molecule has 0 bridgehead atoms. The smallest absolute Gasteiger partial charge is 0.393 e. The first-order valence-corrected chi connectivity index (χ1v) is 36.0. The van der Waals surface area contributed by atoms with Crippen LogP contribution in [0.15, 0.2) is 91.5 Å². The van der Waals surface area contributed by atoms with Crippen LogP contribution in [0.3, 0.4) is 0 Å². The summed E-state index contributed by atoms with van der Waals surface area (Å²) in [6, 6.07) is 27.0. The van der Waals surface area contributed by atoms with Gasteiger partial charge in [0.25, 0.3) is 0 Å². The van der Waals surface area contributed by atoms with E-state index in [-0.39, 0.29) is 64.8 Å². The van der Waals surface area contributed by atoms with E-state index in [1.54, 1.807) is 85.3 Å². The van der Waals surface area contributed by atoms with E-state index in [4.69, 9.17) is 86.1 Å². The first-order chi connectivity index (χ1) is 47.2. The Bertz CT molecular complexity index is 3910. The fraction of sp³-hybridized carbons (Fsp3) is 0.535. The van der Waals surface area contributed by atoms with Gasteiger partial charge in [0.1, 0.15) is 84.4 Å².